The molecule has 0 bridgehead atoms. The molecule has 0 unspecified atom stereocenters. The minimum absolute atomic E-state index is 0. The normalized spacial score (nSPS) is 6.50. The topological polar surface area (TPSA) is 49.3 Å². The Labute approximate surface area is 97.1 Å². The summed E-state index contributed by atoms with van der Waals surface area (Å²) in [5.41, 5.74) is 0. The number of thiocarbonyl (C=S) groups is 1. The van der Waals surface area contributed by atoms with Gasteiger partial charge in [0.25, 0.3) is 0 Å². The number of hydrogen-bond donors (Lipinski definition) is 3. The first-order valence-electron chi connectivity index (χ1n) is 1.81. The van der Waals surface area contributed by atoms with Gasteiger partial charge in [0.2, 0.25) is 0 Å². The van der Waals surface area contributed by atoms with E-state index < -0.39 is 5.97 Å². The van der Waals surface area contributed by atoms with Gasteiger partial charge in [0.05, 0.1) is 0 Å². The van der Waals surface area contributed by atoms with Crippen LogP contribution in [0.15, 0.2) is 0 Å². The third-order valence-electron chi connectivity index (χ3n) is 0.391. The maximum atomic E-state index is 9.75. The molecule has 0 aromatic heterocycles. The minimum Gasteiger partial charge on any atom is -1.00 e. The molecule has 0 aliphatic rings. The van der Waals surface area contributed by atoms with Crippen LogP contribution >= 0.6 is 24.8 Å². The van der Waals surface area contributed by atoms with E-state index in [1.807, 2.05) is 0 Å². The van der Waals surface area contributed by atoms with Crippen LogP contribution in [0.25, 0.3) is 0 Å². The van der Waals surface area contributed by atoms with E-state index >= 15 is 0 Å². The Morgan fingerprint density at radius 2 is 2.10 bits per heavy atom. The summed E-state index contributed by atoms with van der Waals surface area (Å²) in [6.45, 7) is -0.164. The maximum absolute atomic E-state index is 9.75. The monoisotopic (exact) mass is 167 g/mol. The van der Waals surface area contributed by atoms with Crippen molar-refractivity contribution in [2.24, 2.45) is 0 Å². The van der Waals surface area contributed by atoms with Crippen molar-refractivity contribution in [2.45, 2.75) is 0 Å². The fraction of sp³-hybridized carbons (Fsp3) is 0.333. The number of carboxylic acids is 1. The van der Waals surface area contributed by atoms with Crippen molar-refractivity contribution < 1.29 is 50.5 Å². The van der Waals surface area contributed by atoms with Crippen molar-refractivity contribution in [1.29, 1.82) is 0 Å². The van der Waals surface area contributed by atoms with E-state index in [0.29, 0.717) is 0 Å². The molecule has 7 heteroatoms. The average molecular weight is 167 g/mol. The molecule has 0 atom stereocenters. The number of thiol groups is 1. The summed E-state index contributed by atoms with van der Waals surface area (Å²) in [7, 11) is 0. The first-order chi connectivity index (χ1) is 3.63. The van der Waals surface area contributed by atoms with Crippen LogP contribution in [0.1, 0.15) is 2.85 Å². The van der Waals surface area contributed by atoms with Crippen LogP contribution in [-0.2, 0) is 4.79 Å². The molecule has 0 amide bonds. The maximum Gasteiger partial charge on any atom is 1.00 e. The van der Waals surface area contributed by atoms with Gasteiger partial charge in [-0.25, -0.2) is 0 Å². The summed E-state index contributed by atoms with van der Waals surface area (Å²) in [4.78, 5) is 9.75. The third kappa shape index (κ3) is 16.0. The summed E-state index contributed by atoms with van der Waals surface area (Å²) in [5, 5.41) is 10.3. The molecule has 0 aromatic carbocycles. The van der Waals surface area contributed by atoms with Crippen LogP contribution in [-0.4, -0.2) is 21.9 Å². The summed E-state index contributed by atoms with van der Waals surface area (Å²) >= 11 is 8.03. The van der Waals surface area contributed by atoms with Gasteiger partial charge in [-0.05, 0) is 0 Å². The van der Waals surface area contributed by atoms with Gasteiger partial charge < -0.3 is 13.3 Å². The third-order valence-corrected chi connectivity index (χ3v) is 0.693. The molecule has 50 valence electrons. The van der Waals surface area contributed by atoms with Crippen molar-refractivity contribution in [3.8, 4) is 0 Å². The van der Waals surface area contributed by atoms with Crippen molar-refractivity contribution in [1.82, 2.24) is 5.32 Å². The van der Waals surface area contributed by atoms with E-state index in [-0.39, 0.29) is 51.4 Å². The number of nitrogens with one attached hydrogen (secondary N) is 1. The van der Waals surface area contributed by atoms with Crippen LogP contribution in [0.2, 0.25) is 0 Å². The SMILES string of the molecule is O=C(O)CNC(=S)S.[H-].[H-].[Li+].[Li+]. The van der Waals surface area contributed by atoms with Gasteiger partial charge in [0.15, 0.2) is 0 Å². The fourth-order valence-electron chi connectivity index (χ4n) is 0.151. The second-order valence-electron chi connectivity index (χ2n) is 1.05. The molecule has 0 heterocycles. The van der Waals surface area contributed by atoms with Gasteiger partial charge in [0.1, 0.15) is 10.9 Å². The van der Waals surface area contributed by atoms with E-state index in [1.54, 1.807) is 0 Å². The van der Waals surface area contributed by atoms with Crippen molar-refractivity contribution in [3.63, 3.8) is 0 Å². The van der Waals surface area contributed by atoms with Gasteiger partial charge in [-0.15, -0.1) is 12.6 Å². The molecule has 0 spiro atoms. The van der Waals surface area contributed by atoms with Gasteiger partial charge >= 0.3 is 43.7 Å². The van der Waals surface area contributed by atoms with Crippen LogP contribution < -0.4 is 43.0 Å². The minimum atomic E-state index is -0.943. The first kappa shape index (κ1) is 17.1. The van der Waals surface area contributed by atoms with E-state index in [2.05, 4.69) is 30.2 Å². The Balaban J connectivity index is -0.0000000408. The van der Waals surface area contributed by atoms with Crippen molar-refractivity contribution in [2.75, 3.05) is 6.54 Å². The standard InChI is InChI=1S/C3H5NO2S2.2Li.2H/c5-2(6)1-4-3(7)8;;;;/h1H2,(H,5,6)(H2,4,7,8);;;;/q;2*+1;2*-1. The molecule has 0 aliphatic carbocycles. The largest absolute Gasteiger partial charge is 1.00 e. The average Bonchev–Trinajstić information content (AvgIpc) is 1.61. The zero-order chi connectivity index (χ0) is 6.57. The van der Waals surface area contributed by atoms with Gasteiger partial charge in [-0.2, -0.15) is 0 Å². The molecule has 0 rings (SSSR count). The molecule has 0 fully saturated rings. The van der Waals surface area contributed by atoms with Crippen LogP contribution in [0.4, 0.5) is 0 Å². The number of hydrogen-bond acceptors (Lipinski definition) is 2. The van der Waals surface area contributed by atoms with Gasteiger partial charge in [-0.3, -0.25) is 4.79 Å². The smallest absolute Gasteiger partial charge is 1.00 e. The van der Waals surface area contributed by atoms with Gasteiger partial charge in [0, 0.05) is 0 Å². The van der Waals surface area contributed by atoms with Crippen LogP contribution in [0, 0.1) is 0 Å². The van der Waals surface area contributed by atoms with Crippen LogP contribution in [0.5, 0.6) is 0 Å². The predicted octanol–water partition coefficient (Wildman–Crippen LogP) is -5.89. The Hall–Kier alpha value is 0.905. The molecular formula is C3H7Li2NO2S2. The molecular weight excluding hydrogens is 160 g/mol. The molecule has 0 radical (unpaired) electrons. The Bertz CT molecular complexity index is 115. The number of carbonyl (C=O) groups is 1. The summed E-state index contributed by atoms with van der Waals surface area (Å²) in [6, 6.07) is 0. The van der Waals surface area contributed by atoms with Crippen LogP contribution in [0.3, 0.4) is 0 Å². The van der Waals surface area contributed by atoms with Crippen molar-refractivity contribution in [3.05, 3.63) is 0 Å². The van der Waals surface area contributed by atoms with Gasteiger partial charge in [-0.1, -0.05) is 12.2 Å². The summed E-state index contributed by atoms with van der Waals surface area (Å²) in [5.74, 6) is -0.943. The second kappa shape index (κ2) is 9.90. The summed E-state index contributed by atoms with van der Waals surface area (Å²) in [6.07, 6.45) is 0. The quantitative estimate of drug-likeness (QED) is 0.218. The molecule has 0 aromatic rings. The Kier molecular flexibility index (Phi) is 17.0. The second-order valence-corrected chi connectivity index (χ2v) is 2.21. The number of aliphatic carboxylic acids is 1. The van der Waals surface area contributed by atoms with E-state index in [1.165, 1.54) is 0 Å². The molecule has 2 N–H and O–H groups in total. The molecule has 10 heavy (non-hydrogen) atoms. The molecule has 0 saturated carbocycles. The number of rotatable bonds is 2. The molecule has 0 saturated heterocycles. The first-order valence-corrected chi connectivity index (χ1v) is 2.67. The van der Waals surface area contributed by atoms with E-state index in [0.717, 1.165) is 0 Å². The number of carboxylic acid groups (broad SMARTS) is 1. The molecule has 3 nitrogen and oxygen atoms in total. The Morgan fingerprint density at radius 1 is 1.70 bits per heavy atom. The Morgan fingerprint density at radius 3 is 2.20 bits per heavy atom. The zero-order valence-corrected chi connectivity index (χ0v) is 7.63. The van der Waals surface area contributed by atoms with E-state index in [4.69, 9.17) is 5.11 Å². The molecule has 0 aliphatic heterocycles. The zero-order valence-electron chi connectivity index (χ0n) is 7.92. The van der Waals surface area contributed by atoms with Crippen molar-refractivity contribution >= 4 is 35.1 Å². The summed E-state index contributed by atoms with van der Waals surface area (Å²) < 4.78 is 0.201. The fourth-order valence-corrected chi connectivity index (χ4v) is 0.302. The van der Waals surface area contributed by atoms with E-state index in [9.17, 15) is 4.79 Å². The predicted molar refractivity (Wildman–Crippen MR) is 39.4 cm³/mol.